The molecule has 7 heteroatoms. The van der Waals surface area contributed by atoms with Crippen LogP contribution in [0.3, 0.4) is 0 Å². The van der Waals surface area contributed by atoms with E-state index in [0.29, 0.717) is 31.6 Å². The Kier molecular flexibility index (Phi) is 4.95. The summed E-state index contributed by atoms with van der Waals surface area (Å²) in [5.74, 6) is -1.02. The summed E-state index contributed by atoms with van der Waals surface area (Å²) in [4.78, 5) is 0. The maximum absolute atomic E-state index is 13.6. The van der Waals surface area contributed by atoms with Gasteiger partial charge in [-0.1, -0.05) is 13.0 Å². The Bertz CT molecular complexity index is 607. The zero-order chi connectivity index (χ0) is 15.6. The molecule has 1 aromatic rings. The predicted molar refractivity (Wildman–Crippen MR) is 77.2 cm³/mol. The molecule has 1 heterocycles. The van der Waals surface area contributed by atoms with Gasteiger partial charge in [-0.2, -0.15) is 0 Å². The van der Waals surface area contributed by atoms with Crippen LogP contribution in [0.15, 0.2) is 18.2 Å². The summed E-state index contributed by atoms with van der Waals surface area (Å²) in [5, 5.41) is 3.24. The fraction of sp³-hybridized carbons (Fsp3) is 0.571. The van der Waals surface area contributed by atoms with E-state index in [4.69, 9.17) is 0 Å². The first-order valence-electron chi connectivity index (χ1n) is 6.90. The third kappa shape index (κ3) is 4.21. The van der Waals surface area contributed by atoms with Gasteiger partial charge in [-0.05, 0) is 18.4 Å². The van der Waals surface area contributed by atoms with E-state index in [1.54, 1.807) is 0 Å². The molecule has 1 N–H and O–H groups in total. The molecule has 0 saturated carbocycles. The maximum atomic E-state index is 13.6. The van der Waals surface area contributed by atoms with E-state index in [1.807, 2.05) is 6.92 Å². The molecule has 0 amide bonds. The molecule has 1 saturated heterocycles. The summed E-state index contributed by atoms with van der Waals surface area (Å²) in [6, 6.07) is 3.64. The molecule has 1 aliphatic heterocycles. The minimum Gasteiger partial charge on any atom is -0.309 e. The third-order valence-electron chi connectivity index (χ3n) is 3.91. The van der Waals surface area contributed by atoms with Crippen molar-refractivity contribution in [3.63, 3.8) is 0 Å². The van der Waals surface area contributed by atoms with Crippen LogP contribution in [0.25, 0.3) is 0 Å². The number of rotatable bonds is 4. The lowest BCUT2D eigenvalue weighted by molar-refractivity contribution is 0.219. The van der Waals surface area contributed by atoms with Gasteiger partial charge in [-0.25, -0.2) is 21.5 Å². The largest absolute Gasteiger partial charge is 0.309 e. The van der Waals surface area contributed by atoms with Gasteiger partial charge >= 0.3 is 0 Å². The molecule has 0 bridgehead atoms. The molecule has 1 aliphatic rings. The van der Waals surface area contributed by atoms with Crippen molar-refractivity contribution in [1.29, 1.82) is 0 Å². The molecule has 0 aromatic heterocycles. The molecule has 0 aliphatic carbocycles. The van der Waals surface area contributed by atoms with E-state index in [-0.39, 0.29) is 12.0 Å². The van der Waals surface area contributed by atoms with Gasteiger partial charge in [0.15, 0.2) is 0 Å². The number of hydrogen-bond donors (Lipinski definition) is 1. The summed E-state index contributed by atoms with van der Waals surface area (Å²) in [6.07, 6.45) is 1.89. The highest BCUT2D eigenvalue weighted by Gasteiger charge is 2.30. The maximum Gasteiger partial charge on any atom is 0.211 e. The lowest BCUT2D eigenvalue weighted by atomic mass is 9.95. The van der Waals surface area contributed by atoms with Crippen LogP contribution in [-0.4, -0.2) is 38.1 Å². The van der Waals surface area contributed by atoms with E-state index in [2.05, 4.69) is 5.32 Å². The van der Waals surface area contributed by atoms with E-state index in [1.165, 1.54) is 22.7 Å². The summed E-state index contributed by atoms with van der Waals surface area (Å²) in [5.41, 5.74) is 0.411. The summed E-state index contributed by atoms with van der Waals surface area (Å²) >= 11 is 0. The van der Waals surface area contributed by atoms with Crippen molar-refractivity contribution in [1.82, 2.24) is 9.62 Å². The molecular formula is C14H20F2N2O2S. The Hall–Kier alpha value is -1.05. The number of benzene rings is 1. The quantitative estimate of drug-likeness (QED) is 0.920. The summed E-state index contributed by atoms with van der Waals surface area (Å²) in [6.45, 7) is 3.20. The highest BCUT2D eigenvalue weighted by Crippen LogP contribution is 2.20. The first-order chi connectivity index (χ1) is 9.77. The molecular weight excluding hydrogens is 298 g/mol. The molecule has 21 heavy (non-hydrogen) atoms. The second kappa shape index (κ2) is 6.37. The molecule has 2 atom stereocenters. The van der Waals surface area contributed by atoms with Crippen molar-refractivity contribution in [2.24, 2.45) is 5.92 Å². The zero-order valence-corrected chi connectivity index (χ0v) is 13.0. The topological polar surface area (TPSA) is 49.4 Å². The van der Waals surface area contributed by atoms with Crippen LogP contribution >= 0.6 is 0 Å². The van der Waals surface area contributed by atoms with Gasteiger partial charge in [0.2, 0.25) is 10.0 Å². The molecule has 0 radical (unpaired) electrons. The summed E-state index contributed by atoms with van der Waals surface area (Å²) in [7, 11) is -3.16. The second-order valence-corrected chi connectivity index (χ2v) is 7.59. The first-order valence-corrected chi connectivity index (χ1v) is 8.74. The fourth-order valence-electron chi connectivity index (χ4n) is 2.62. The fourth-order valence-corrected chi connectivity index (χ4v) is 3.56. The Morgan fingerprint density at radius 2 is 2.10 bits per heavy atom. The Labute approximate surface area is 124 Å². The number of nitrogens with zero attached hydrogens (tertiary/aromatic N) is 1. The van der Waals surface area contributed by atoms with Crippen molar-refractivity contribution in [2.45, 2.75) is 25.9 Å². The molecule has 4 nitrogen and oxygen atoms in total. The zero-order valence-electron chi connectivity index (χ0n) is 12.1. The Morgan fingerprint density at radius 3 is 2.67 bits per heavy atom. The average molecular weight is 318 g/mol. The molecule has 118 valence electrons. The minimum absolute atomic E-state index is 0.118. The van der Waals surface area contributed by atoms with Crippen molar-refractivity contribution >= 4 is 10.0 Å². The van der Waals surface area contributed by atoms with Crippen LogP contribution in [-0.2, 0) is 16.6 Å². The third-order valence-corrected chi connectivity index (χ3v) is 5.18. The van der Waals surface area contributed by atoms with Crippen LogP contribution in [0.5, 0.6) is 0 Å². The summed E-state index contributed by atoms with van der Waals surface area (Å²) < 4.78 is 50.9. The lowest BCUT2D eigenvalue weighted by Gasteiger charge is -2.36. The van der Waals surface area contributed by atoms with Crippen molar-refractivity contribution in [3.8, 4) is 0 Å². The number of halogens is 2. The molecule has 0 spiro atoms. The average Bonchev–Trinajstić information content (AvgIpc) is 2.38. The molecule has 1 fully saturated rings. The van der Waals surface area contributed by atoms with Gasteiger partial charge in [0, 0.05) is 37.3 Å². The number of nitrogens with one attached hydrogen (secondary N) is 1. The van der Waals surface area contributed by atoms with Gasteiger partial charge in [0.25, 0.3) is 0 Å². The van der Waals surface area contributed by atoms with Crippen molar-refractivity contribution < 1.29 is 17.2 Å². The Balaban J connectivity index is 1.93. The van der Waals surface area contributed by atoms with Crippen LogP contribution < -0.4 is 5.32 Å². The highest BCUT2D eigenvalue weighted by molar-refractivity contribution is 7.88. The van der Waals surface area contributed by atoms with Crippen molar-refractivity contribution in [2.75, 3.05) is 19.3 Å². The monoisotopic (exact) mass is 318 g/mol. The predicted octanol–water partition coefficient (Wildman–Crippen LogP) is 1.72. The van der Waals surface area contributed by atoms with Crippen LogP contribution in [0, 0.1) is 17.6 Å². The van der Waals surface area contributed by atoms with E-state index >= 15 is 0 Å². The van der Waals surface area contributed by atoms with Gasteiger partial charge in [0.05, 0.1) is 6.26 Å². The smallest absolute Gasteiger partial charge is 0.211 e. The van der Waals surface area contributed by atoms with Gasteiger partial charge < -0.3 is 5.32 Å². The Morgan fingerprint density at radius 1 is 1.38 bits per heavy atom. The number of piperidine rings is 1. The van der Waals surface area contributed by atoms with Crippen LogP contribution in [0.2, 0.25) is 0 Å². The van der Waals surface area contributed by atoms with Gasteiger partial charge in [-0.3, -0.25) is 0 Å². The van der Waals surface area contributed by atoms with Crippen molar-refractivity contribution in [3.05, 3.63) is 35.4 Å². The van der Waals surface area contributed by atoms with E-state index in [9.17, 15) is 17.2 Å². The second-order valence-electron chi connectivity index (χ2n) is 5.61. The highest BCUT2D eigenvalue weighted by atomic mass is 32.2. The van der Waals surface area contributed by atoms with Crippen LogP contribution in [0.1, 0.15) is 18.9 Å². The molecule has 2 unspecified atom stereocenters. The van der Waals surface area contributed by atoms with Gasteiger partial charge in [-0.15, -0.1) is 0 Å². The van der Waals surface area contributed by atoms with E-state index in [0.717, 1.165) is 6.07 Å². The van der Waals surface area contributed by atoms with E-state index < -0.39 is 21.7 Å². The standard InChI is InChI=1S/C14H20F2N2O2S/c1-10-9-18(21(2,19)20)6-5-14(10)17-8-11-3-4-12(15)7-13(11)16/h3-4,7,10,14,17H,5-6,8-9H2,1-2H3. The molecule has 1 aromatic carbocycles. The lowest BCUT2D eigenvalue weighted by Crippen LogP contribution is -2.49. The SMILES string of the molecule is CC1CN(S(C)(=O)=O)CCC1NCc1ccc(F)cc1F. The van der Waals surface area contributed by atoms with Crippen LogP contribution in [0.4, 0.5) is 8.78 Å². The number of hydrogen-bond acceptors (Lipinski definition) is 3. The van der Waals surface area contributed by atoms with Gasteiger partial charge in [0.1, 0.15) is 11.6 Å². The normalized spacial score (nSPS) is 24.2. The minimum atomic E-state index is -3.16. The number of sulfonamides is 1. The molecule has 2 rings (SSSR count). The first kappa shape index (κ1) is 16.3.